The smallest absolute Gasteiger partial charge is 0.274 e. The highest BCUT2D eigenvalue weighted by atomic mass is 32.2. The largest absolute Gasteiger partial charge is 0.321 e. The number of anilines is 1. The second-order valence-corrected chi connectivity index (χ2v) is 6.21. The Kier molecular flexibility index (Phi) is 4.39. The number of aryl methyl sites for hydroxylation is 2. The summed E-state index contributed by atoms with van der Waals surface area (Å²) in [5.41, 5.74) is 4.13. The third-order valence-electron chi connectivity index (χ3n) is 3.79. The van der Waals surface area contributed by atoms with Gasteiger partial charge in [-0.25, -0.2) is 4.98 Å². The van der Waals surface area contributed by atoms with Crippen LogP contribution in [0, 0.1) is 6.92 Å². The summed E-state index contributed by atoms with van der Waals surface area (Å²) in [6, 6.07) is 11.8. The number of aromatic nitrogens is 2. The van der Waals surface area contributed by atoms with Crippen LogP contribution in [0.25, 0.3) is 5.65 Å². The minimum absolute atomic E-state index is 0.127. The molecule has 0 saturated heterocycles. The Morgan fingerprint density at radius 1 is 1.30 bits per heavy atom. The molecule has 1 aromatic carbocycles. The van der Waals surface area contributed by atoms with Crippen LogP contribution >= 0.6 is 11.8 Å². The Hall–Kier alpha value is -2.27. The summed E-state index contributed by atoms with van der Waals surface area (Å²) in [7, 11) is 0. The fourth-order valence-corrected chi connectivity index (χ4v) is 3.09. The van der Waals surface area contributed by atoms with E-state index in [2.05, 4.69) is 10.3 Å². The highest BCUT2D eigenvalue weighted by Crippen LogP contribution is 2.21. The van der Waals surface area contributed by atoms with Gasteiger partial charge in [-0.15, -0.1) is 11.8 Å². The molecule has 0 radical (unpaired) electrons. The van der Waals surface area contributed by atoms with Gasteiger partial charge in [0.05, 0.1) is 5.69 Å². The molecule has 4 nitrogen and oxygen atoms in total. The molecule has 2 aromatic heterocycles. The Bertz CT molecular complexity index is 870. The van der Waals surface area contributed by atoms with Gasteiger partial charge in [0.1, 0.15) is 11.3 Å². The quantitative estimate of drug-likeness (QED) is 0.732. The first-order valence-corrected chi connectivity index (χ1v) is 8.78. The van der Waals surface area contributed by atoms with E-state index in [1.165, 1.54) is 0 Å². The summed E-state index contributed by atoms with van der Waals surface area (Å²) in [5, 5.41) is 2.99. The summed E-state index contributed by atoms with van der Waals surface area (Å²) in [5.74, 6) is -0.127. The molecule has 2 heterocycles. The van der Waals surface area contributed by atoms with Crippen molar-refractivity contribution in [3.63, 3.8) is 0 Å². The van der Waals surface area contributed by atoms with Gasteiger partial charge in [-0.3, -0.25) is 9.20 Å². The number of hydrogen-bond acceptors (Lipinski definition) is 3. The first-order valence-electron chi connectivity index (χ1n) is 7.56. The maximum absolute atomic E-state index is 12.8. The van der Waals surface area contributed by atoms with E-state index < -0.39 is 0 Å². The van der Waals surface area contributed by atoms with Crippen LogP contribution in [0.1, 0.15) is 28.7 Å². The van der Waals surface area contributed by atoms with Crippen LogP contribution in [0.15, 0.2) is 47.5 Å². The number of fused-ring (bicyclic) bond motifs is 1. The van der Waals surface area contributed by atoms with Crippen molar-refractivity contribution in [3.8, 4) is 0 Å². The number of thioether (sulfide) groups is 1. The van der Waals surface area contributed by atoms with Gasteiger partial charge in [-0.1, -0.05) is 19.1 Å². The van der Waals surface area contributed by atoms with Crippen LogP contribution in [0.3, 0.4) is 0 Å². The minimum Gasteiger partial charge on any atom is -0.321 e. The maximum Gasteiger partial charge on any atom is 0.274 e. The van der Waals surface area contributed by atoms with Crippen LogP contribution in [-0.4, -0.2) is 21.5 Å². The predicted molar refractivity (Wildman–Crippen MR) is 95.5 cm³/mol. The first-order chi connectivity index (χ1) is 11.1. The van der Waals surface area contributed by atoms with E-state index in [1.54, 1.807) is 11.8 Å². The molecule has 0 aliphatic rings. The van der Waals surface area contributed by atoms with E-state index >= 15 is 0 Å². The number of carbonyl (C=O) groups excluding carboxylic acids is 1. The lowest BCUT2D eigenvalue weighted by atomic mass is 10.2. The maximum atomic E-state index is 12.8. The molecule has 1 N–H and O–H groups in total. The van der Waals surface area contributed by atoms with Gasteiger partial charge in [0.2, 0.25) is 0 Å². The topological polar surface area (TPSA) is 46.4 Å². The summed E-state index contributed by atoms with van der Waals surface area (Å²) in [4.78, 5) is 18.5. The van der Waals surface area contributed by atoms with Crippen molar-refractivity contribution >= 4 is 29.0 Å². The van der Waals surface area contributed by atoms with Crippen molar-refractivity contribution in [3.05, 3.63) is 59.5 Å². The molecule has 0 saturated carbocycles. The molecule has 5 heteroatoms. The molecule has 0 aliphatic heterocycles. The molecule has 0 fully saturated rings. The fourth-order valence-electron chi connectivity index (χ4n) is 2.63. The van der Waals surface area contributed by atoms with Crippen LogP contribution in [-0.2, 0) is 6.42 Å². The van der Waals surface area contributed by atoms with Crippen molar-refractivity contribution < 1.29 is 4.79 Å². The number of amides is 1. The lowest BCUT2D eigenvalue weighted by Crippen LogP contribution is -2.16. The third-order valence-corrected chi connectivity index (χ3v) is 4.52. The zero-order valence-corrected chi connectivity index (χ0v) is 14.3. The van der Waals surface area contributed by atoms with E-state index in [9.17, 15) is 4.79 Å². The Morgan fingerprint density at radius 2 is 2.13 bits per heavy atom. The Labute approximate surface area is 139 Å². The molecule has 23 heavy (non-hydrogen) atoms. The number of benzene rings is 1. The van der Waals surface area contributed by atoms with Gasteiger partial charge in [0, 0.05) is 16.8 Å². The SMILES string of the molecule is CCc1nc2c(C)cccn2c1C(=O)Nc1cccc(SC)c1. The van der Waals surface area contributed by atoms with Gasteiger partial charge >= 0.3 is 0 Å². The van der Waals surface area contributed by atoms with Gasteiger partial charge < -0.3 is 5.32 Å². The van der Waals surface area contributed by atoms with E-state index in [-0.39, 0.29) is 5.91 Å². The molecule has 0 unspecified atom stereocenters. The zero-order chi connectivity index (χ0) is 16.4. The molecule has 0 bridgehead atoms. The molecule has 118 valence electrons. The lowest BCUT2D eigenvalue weighted by Gasteiger charge is -2.08. The second kappa shape index (κ2) is 6.46. The van der Waals surface area contributed by atoms with Crippen LogP contribution < -0.4 is 5.32 Å². The number of rotatable bonds is 4. The highest BCUT2D eigenvalue weighted by molar-refractivity contribution is 7.98. The van der Waals surface area contributed by atoms with Gasteiger partial charge in [-0.2, -0.15) is 0 Å². The number of hydrogen-bond donors (Lipinski definition) is 1. The zero-order valence-electron chi connectivity index (χ0n) is 13.5. The molecule has 0 aliphatic carbocycles. The van der Waals surface area contributed by atoms with Crippen molar-refractivity contribution in [2.45, 2.75) is 25.2 Å². The second-order valence-electron chi connectivity index (χ2n) is 5.33. The molecule has 3 aromatic rings. The number of nitrogens with one attached hydrogen (secondary N) is 1. The van der Waals surface area contributed by atoms with E-state index in [0.717, 1.165) is 27.5 Å². The summed E-state index contributed by atoms with van der Waals surface area (Å²) in [6.07, 6.45) is 4.62. The number of carbonyl (C=O) groups is 1. The van der Waals surface area contributed by atoms with Gasteiger partial charge in [-0.05, 0) is 49.4 Å². The number of imidazole rings is 1. The summed E-state index contributed by atoms with van der Waals surface area (Å²) >= 11 is 1.65. The van der Waals surface area contributed by atoms with E-state index in [4.69, 9.17) is 0 Å². The summed E-state index contributed by atoms with van der Waals surface area (Å²) in [6.45, 7) is 4.02. The van der Waals surface area contributed by atoms with E-state index in [1.807, 2.05) is 67.1 Å². The van der Waals surface area contributed by atoms with Crippen molar-refractivity contribution in [1.82, 2.24) is 9.38 Å². The van der Waals surface area contributed by atoms with Gasteiger partial charge in [0.25, 0.3) is 5.91 Å². The Morgan fingerprint density at radius 3 is 2.87 bits per heavy atom. The van der Waals surface area contributed by atoms with Crippen molar-refractivity contribution in [2.24, 2.45) is 0 Å². The van der Waals surface area contributed by atoms with E-state index in [0.29, 0.717) is 12.1 Å². The van der Waals surface area contributed by atoms with Crippen molar-refractivity contribution in [1.29, 1.82) is 0 Å². The van der Waals surface area contributed by atoms with Crippen LogP contribution in [0.2, 0.25) is 0 Å². The normalized spacial score (nSPS) is 10.9. The third kappa shape index (κ3) is 2.97. The summed E-state index contributed by atoms with van der Waals surface area (Å²) < 4.78 is 1.88. The first kappa shape index (κ1) is 15.6. The highest BCUT2D eigenvalue weighted by Gasteiger charge is 2.19. The number of nitrogens with zero attached hydrogens (tertiary/aromatic N) is 2. The lowest BCUT2D eigenvalue weighted by molar-refractivity contribution is 0.102. The minimum atomic E-state index is -0.127. The van der Waals surface area contributed by atoms with Crippen LogP contribution in [0.5, 0.6) is 0 Å². The predicted octanol–water partition coefficient (Wildman–Crippen LogP) is 4.18. The standard InChI is InChI=1S/C18H19N3OS/c1-4-15-16(21-10-6-7-12(2)17(21)20-15)18(22)19-13-8-5-9-14(11-13)23-3/h5-11H,4H2,1-3H3,(H,19,22). The van der Waals surface area contributed by atoms with Crippen LogP contribution in [0.4, 0.5) is 5.69 Å². The molecule has 1 amide bonds. The van der Waals surface area contributed by atoms with Crippen molar-refractivity contribution in [2.75, 3.05) is 11.6 Å². The molecular weight excluding hydrogens is 306 g/mol. The number of pyridine rings is 1. The average molecular weight is 325 g/mol. The molecule has 0 atom stereocenters. The molecule has 3 rings (SSSR count). The fraction of sp³-hybridized carbons (Fsp3) is 0.222. The monoisotopic (exact) mass is 325 g/mol. The average Bonchev–Trinajstić information content (AvgIpc) is 2.95. The van der Waals surface area contributed by atoms with Gasteiger partial charge in [0.15, 0.2) is 0 Å². The Balaban J connectivity index is 2.01. The molecular formula is C18H19N3OS. The molecule has 0 spiro atoms.